The molecule has 0 aliphatic carbocycles. The van der Waals surface area contributed by atoms with E-state index in [-0.39, 0.29) is 12.3 Å². The van der Waals surface area contributed by atoms with Gasteiger partial charge in [0.25, 0.3) is 0 Å². The van der Waals surface area contributed by atoms with Crippen molar-refractivity contribution >= 4 is 25.8 Å². The summed E-state index contributed by atoms with van der Waals surface area (Å²) in [6.45, 7) is 1.74. The van der Waals surface area contributed by atoms with Gasteiger partial charge in [0.1, 0.15) is 0 Å². The van der Waals surface area contributed by atoms with E-state index >= 15 is 0 Å². The summed E-state index contributed by atoms with van der Waals surface area (Å²) < 4.78 is 24.2. The van der Waals surface area contributed by atoms with Crippen molar-refractivity contribution in [1.29, 1.82) is 0 Å². The van der Waals surface area contributed by atoms with Gasteiger partial charge in [0.2, 0.25) is 0 Å². The highest BCUT2D eigenvalue weighted by molar-refractivity contribution is 9.10. The second-order valence-corrected chi connectivity index (χ2v) is 6.66. The van der Waals surface area contributed by atoms with Gasteiger partial charge in [-0.15, -0.1) is 0 Å². The Labute approximate surface area is 97.9 Å². The van der Waals surface area contributed by atoms with Gasteiger partial charge >= 0.3 is 0 Å². The van der Waals surface area contributed by atoms with Gasteiger partial charge in [-0.2, -0.15) is 0 Å². The van der Waals surface area contributed by atoms with Gasteiger partial charge in [-0.25, -0.2) is 8.42 Å². The highest BCUT2D eigenvalue weighted by atomic mass is 79.9. The van der Waals surface area contributed by atoms with Crippen LogP contribution in [-0.4, -0.2) is 25.2 Å². The average Bonchev–Trinajstić information content (AvgIpc) is 2.20. The Kier molecular flexibility index (Phi) is 4.24. The lowest BCUT2D eigenvalue weighted by atomic mass is 10.4. The fraction of sp³-hybridized carbons (Fsp3) is 0.444. The Balaban J connectivity index is 2.82. The summed E-state index contributed by atoms with van der Waals surface area (Å²) in [5, 5.41) is -0.525. The molecule has 1 rings (SSSR count). The van der Waals surface area contributed by atoms with Crippen molar-refractivity contribution in [2.24, 2.45) is 5.73 Å². The SMILES string of the molecule is CC(CN)S(=O)(=O)Cc1ccc(Br)cn1. The van der Waals surface area contributed by atoms with E-state index in [4.69, 9.17) is 5.73 Å². The molecule has 1 aromatic rings. The Morgan fingerprint density at radius 2 is 2.20 bits per heavy atom. The molecule has 0 aliphatic rings. The normalized spacial score (nSPS) is 13.8. The third kappa shape index (κ3) is 3.55. The molecule has 0 spiro atoms. The van der Waals surface area contributed by atoms with Crippen LogP contribution in [0.15, 0.2) is 22.8 Å². The molecule has 0 radical (unpaired) electrons. The minimum absolute atomic E-state index is 0.0569. The zero-order valence-corrected chi connectivity index (χ0v) is 10.8. The number of pyridine rings is 1. The van der Waals surface area contributed by atoms with Crippen LogP contribution in [0.4, 0.5) is 0 Å². The molecule has 0 saturated carbocycles. The summed E-state index contributed by atoms with van der Waals surface area (Å²) in [4.78, 5) is 4.01. The van der Waals surface area contributed by atoms with Gasteiger partial charge in [-0.1, -0.05) is 0 Å². The lowest BCUT2D eigenvalue weighted by Gasteiger charge is -2.09. The predicted octanol–water partition coefficient (Wildman–Crippen LogP) is 1.11. The van der Waals surface area contributed by atoms with E-state index in [1.165, 1.54) is 0 Å². The van der Waals surface area contributed by atoms with Gasteiger partial charge in [-0.05, 0) is 35.0 Å². The van der Waals surface area contributed by atoms with E-state index in [1.54, 1.807) is 25.3 Å². The van der Waals surface area contributed by atoms with Crippen LogP contribution in [0.3, 0.4) is 0 Å². The monoisotopic (exact) mass is 292 g/mol. The zero-order chi connectivity index (χ0) is 11.5. The zero-order valence-electron chi connectivity index (χ0n) is 8.35. The molecule has 0 saturated heterocycles. The maximum Gasteiger partial charge on any atom is 0.159 e. The third-order valence-corrected chi connectivity index (χ3v) is 4.67. The van der Waals surface area contributed by atoms with Crippen molar-refractivity contribution in [3.05, 3.63) is 28.5 Å². The van der Waals surface area contributed by atoms with Crippen LogP contribution in [0.2, 0.25) is 0 Å². The van der Waals surface area contributed by atoms with Crippen molar-refractivity contribution in [3.8, 4) is 0 Å². The fourth-order valence-corrected chi connectivity index (χ4v) is 2.38. The highest BCUT2D eigenvalue weighted by Crippen LogP contribution is 2.12. The molecular weight excluding hydrogens is 280 g/mol. The first-order valence-electron chi connectivity index (χ1n) is 4.48. The minimum Gasteiger partial charge on any atom is -0.329 e. The van der Waals surface area contributed by atoms with Gasteiger partial charge in [0.05, 0.1) is 16.7 Å². The molecular formula is C9H13BrN2O2S. The van der Waals surface area contributed by atoms with Crippen LogP contribution >= 0.6 is 15.9 Å². The van der Waals surface area contributed by atoms with E-state index in [0.29, 0.717) is 5.69 Å². The molecule has 1 aromatic heterocycles. The summed E-state index contributed by atoms with van der Waals surface area (Å²) in [6, 6.07) is 3.45. The number of hydrogen-bond acceptors (Lipinski definition) is 4. The maximum absolute atomic E-state index is 11.7. The molecule has 2 N–H and O–H groups in total. The van der Waals surface area contributed by atoms with Crippen molar-refractivity contribution in [2.45, 2.75) is 17.9 Å². The minimum atomic E-state index is -3.18. The number of nitrogens with two attached hydrogens (primary N) is 1. The van der Waals surface area contributed by atoms with E-state index in [2.05, 4.69) is 20.9 Å². The van der Waals surface area contributed by atoms with Crippen molar-refractivity contribution in [3.63, 3.8) is 0 Å². The quantitative estimate of drug-likeness (QED) is 0.902. The molecule has 1 unspecified atom stereocenters. The molecule has 0 fully saturated rings. The number of rotatable bonds is 4. The van der Waals surface area contributed by atoms with Crippen molar-refractivity contribution in [2.75, 3.05) is 6.54 Å². The topological polar surface area (TPSA) is 73.1 Å². The van der Waals surface area contributed by atoms with Gasteiger partial charge in [-0.3, -0.25) is 4.98 Å². The molecule has 4 nitrogen and oxygen atoms in total. The first-order valence-corrected chi connectivity index (χ1v) is 6.98. The van der Waals surface area contributed by atoms with E-state index < -0.39 is 15.1 Å². The predicted molar refractivity (Wildman–Crippen MR) is 63.1 cm³/mol. The first-order chi connectivity index (χ1) is 6.95. The first kappa shape index (κ1) is 12.6. The number of aromatic nitrogens is 1. The van der Waals surface area contributed by atoms with Gasteiger partial charge in [0, 0.05) is 17.2 Å². The smallest absolute Gasteiger partial charge is 0.159 e. The number of halogens is 1. The van der Waals surface area contributed by atoms with Crippen LogP contribution in [0.25, 0.3) is 0 Å². The molecule has 0 bridgehead atoms. The van der Waals surface area contributed by atoms with E-state index in [9.17, 15) is 8.42 Å². The summed E-state index contributed by atoms with van der Waals surface area (Å²) in [7, 11) is -3.18. The van der Waals surface area contributed by atoms with Gasteiger partial charge in [0.15, 0.2) is 9.84 Å². The molecule has 15 heavy (non-hydrogen) atoms. The number of hydrogen-bond donors (Lipinski definition) is 1. The van der Waals surface area contributed by atoms with E-state index in [1.807, 2.05) is 0 Å². The molecule has 84 valence electrons. The molecule has 1 heterocycles. The second-order valence-electron chi connectivity index (χ2n) is 3.32. The molecule has 0 aromatic carbocycles. The Hall–Kier alpha value is -0.460. The molecule has 6 heteroatoms. The lowest BCUT2D eigenvalue weighted by molar-refractivity contribution is 0.582. The summed E-state index contributed by atoms with van der Waals surface area (Å²) in [6.07, 6.45) is 1.58. The lowest BCUT2D eigenvalue weighted by Crippen LogP contribution is -2.27. The summed E-state index contributed by atoms with van der Waals surface area (Å²) in [5.41, 5.74) is 5.87. The van der Waals surface area contributed by atoms with Crippen LogP contribution in [-0.2, 0) is 15.6 Å². The average molecular weight is 293 g/mol. The summed E-state index contributed by atoms with van der Waals surface area (Å²) in [5.74, 6) is -0.0569. The van der Waals surface area contributed by atoms with Crippen molar-refractivity contribution < 1.29 is 8.42 Å². The maximum atomic E-state index is 11.7. The van der Waals surface area contributed by atoms with Crippen LogP contribution < -0.4 is 5.73 Å². The second kappa shape index (κ2) is 5.05. The largest absolute Gasteiger partial charge is 0.329 e. The van der Waals surface area contributed by atoms with Crippen LogP contribution in [0.1, 0.15) is 12.6 Å². The Bertz CT molecular complexity index is 416. The highest BCUT2D eigenvalue weighted by Gasteiger charge is 2.20. The third-order valence-electron chi connectivity index (χ3n) is 2.08. The number of sulfone groups is 1. The molecule has 0 aliphatic heterocycles. The van der Waals surface area contributed by atoms with Crippen LogP contribution in [0.5, 0.6) is 0 Å². The van der Waals surface area contributed by atoms with E-state index in [0.717, 1.165) is 4.47 Å². The van der Waals surface area contributed by atoms with Crippen molar-refractivity contribution in [1.82, 2.24) is 4.98 Å². The standard InChI is InChI=1S/C9H13BrN2O2S/c1-7(4-11)15(13,14)6-9-3-2-8(10)5-12-9/h2-3,5,7H,4,6,11H2,1H3. The summed E-state index contributed by atoms with van der Waals surface area (Å²) >= 11 is 3.24. The Morgan fingerprint density at radius 1 is 1.53 bits per heavy atom. The van der Waals surface area contributed by atoms with Gasteiger partial charge < -0.3 is 5.73 Å². The fourth-order valence-electron chi connectivity index (χ4n) is 0.987. The Morgan fingerprint density at radius 3 is 2.67 bits per heavy atom. The molecule has 0 amide bonds. The number of nitrogens with zero attached hydrogens (tertiary/aromatic N) is 1. The molecule has 1 atom stereocenters. The van der Waals surface area contributed by atoms with Crippen LogP contribution in [0, 0.1) is 0 Å².